The molecule has 1 aromatic heterocycles. The van der Waals surface area contributed by atoms with Gasteiger partial charge in [0.2, 0.25) is 0 Å². The highest BCUT2D eigenvalue weighted by atomic mass is 35.5. The van der Waals surface area contributed by atoms with Crippen LogP contribution in [0.5, 0.6) is 0 Å². The van der Waals surface area contributed by atoms with E-state index in [0.29, 0.717) is 16.6 Å². The SMILES string of the molecule is Cn1c(C(=O)NC2CC(C)(C)NC(C)(C)C2)cc2c(F)c(Cl)ccc21. The Hall–Kier alpha value is -1.59. The van der Waals surface area contributed by atoms with E-state index in [4.69, 9.17) is 11.6 Å². The number of carbonyl (C=O) groups excluding carboxylic acids is 1. The van der Waals surface area contributed by atoms with Crippen LogP contribution in [0.2, 0.25) is 5.02 Å². The summed E-state index contributed by atoms with van der Waals surface area (Å²) in [5.74, 6) is -0.675. The number of hydrogen-bond donors (Lipinski definition) is 2. The van der Waals surface area contributed by atoms with Gasteiger partial charge in [0.05, 0.1) is 10.5 Å². The Morgan fingerprint density at radius 2 is 1.88 bits per heavy atom. The van der Waals surface area contributed by atoms with Crippen LogP contribution in [0, 0.1) is 5.82 Å². The molecule has 1 amide bonds. The minimum atomic E-state index is -0.488. The topological polar surface area (TPSA) is 46.1 Å². The largest absolute Gasteiger partial charge is 0.348 e. The number of hydrogen-bond acceptors (Lipinski definition) is 2. The second-order valence-electron chi connectivity index (χ2n) is 8.35. The molecule has 0 spiro atoms. The summed E-state index contributed by atoms with van der Waals surface area (Å²) in [4.78, 5) is 12.8. The molecule has 0 unspecified atom stereocenters. The average molecular weight is 366 g/mol. The summed E-state index contributed by atoms with van der Waals surface area (Å²) < 4.78 is 15.9. The summed E-state index contributed by atoms with van der Waals surface area (Å²) in [7, 11) is 1.76. The van der Waals surface area contributed by atoms with E-state index in [1.165, 1.54) is 6.07 Å². The number of carbonyl (C=O) groups is 1. The van der Waals surface area contributed by atoms with E-state index >= 15 is 0 Å². The summed E-state index contributed by atoms with van der Waals surface area (Å²) in [5, 5.41) is 7.16. The van der Waals surface area contributed by atoms with Crippen molar-refractivity contribution in [3.8, 4) is 0 Å². The van der Waals surface area contributed by atoms with Crippen LogP contribution in [0.15, 0.2) is 18.2 Å². The molecule has 6 heteroatoms. The molecular formula is C19H25ClFN3O. The monoisotopic (exact) mass is 365 g/mol. The van der Waals surface area contributed by atoms with Crippen LogP contribution >= 0.6 is 11.6 Å². The number of nitrogens with zero attached hydrogens (tertiary/aromatic N) is 1. The molecule has 0 bridgehead atoms. The van der Waals surface area contributed by atoms with Crippen LogP contribution in [0.3, 0.4) is 0 Å². The highest BCUT2D eigenvalue weighted by molar-refractivity contribution is 6.31. The zero-order valence-corrected chi connectivity index (χ0v) is 16.1. The van der Waals surface area contributed by atoms with Crippen LogP contribution < -0.4 is 10.6 Å². The smallest absolute Gasteiger partial charge is 0.268 e. The van der Waals surface area contributed by atoms with Crippen LogP contribution in [-0.2, 0) is 7.05 Å². The molecular weight excluding hydrogens is 341 g/mol. The van der Waals surface area contributed by atoms with Gasteiger partial charge in [-0.2, -0.15) is 0 Å². The quantitative estimate of drug-likeness (QED) is 0.844. The Balaban J connectivity index is 1.88. The van der Waals surface area contributed by atoms with E-state index in [9.17, 15) is 9.18 Å². The molecule has 0 saturated carbocycles. The van der Waals surface area contributed by atoms with Gasteiger partial charge in [-0.25, -0.2) is 4.39 Å². The molecule has 0 atom stereocenters. The Morgan fingerprint density at radius 1 is 1.28 bits per heavy atom. The van der Waals surface area contributed by atoms with Crippen molar-refractivity contribution < 1.29 is 9.18 Å². The third-order valence-electron chi connectivity index (χ3n) is 4.87. The molecule has 1 aliphatic rings. The van der Waals surface area contributed by atoms with Gasteiger partial charge in [-0.05, 0) is 58.7 Å². The fourth-order valence-electron chi connectivity index (χ4n) is 4.25. The Labute approximate surface area is 152 Å². The van der Waals surface area contributed by atoms with Crippen molar-refractivity contribution >= 4 is 28.4 Å². The first kappa shape index (κ1) is 18.2. The summed E-state index contributed by atoms with van der Waals surface area (Å²) in [6.07, 6.45) is 1.68. The number of aryl methyl sites for hydroxylation is 1. The van der Waals surface area contributed by atoms with E-state index in [2.05, 4.69) is 38.3 Å². The van der Waals surface area contributed by atoms with Crippen molar-refractivity contribution in [2.45, 2.75) is 57.7 Å². The highest BCUT2D eigenvalue weighted by Gasteiger charge is 2.38. The van der Waals surface area contributed by atoms with Crippen LogP contribution in [-0.4, -0.2) is 27.6 Å². The van der Waals surface area contributed by atoms with E-state index < -0.39 is 5.82 Å². The Morgan fingerprint density at radius 3 is 2.48 bits per heavy atom. The van der Waals surface area contributed by atoms with Gasteiger partial charge in [0.1, 0.15) is 5.69 Å². The predicted molar refractivity (Wildman–Crippen MR) is 99.7 cm³/mol. The summed E-state index contributed by atoms with van der Waals surface area (Å²) in [5.41, 5.74) is 0.972. The lowest BCUT2D eigenvalue weighted by Gasteiger charge is -2.46. The number of halogens is 2. The first-order valence-corrected chi connectivity index (χ1v) is 8.90. The van der Waals surface area contributed by atoms with E-state index in [1.807, 2.05) is 0 Å². The number of benzene rings is 1. The summed E-state index contributed by atoms with van der Waals surface area (Å²) in [6.45, 7) is 8.56. The van der Waals surface area contributed by atoms with Gasteiger partial charge in [-0.1, -0.05) is 11.6 Å². The molecule has 2 aromatic rings. The minimum Gasteiger partial charge on any atom is -0.348 e. The maximum atomic E-state index is 14.2. The molecule has 136 valence electrons. The number of aromatic nitrogens is 1. The molecule has 3 rings (SSSR count). The lowest BCUT2D eigenvalue weighted by atomic mass is 9.79. The van der Waals surface area contributed by atoms with E-state index in [1.54, 1.807) is 23.7 Å². The van der Waals surface area contributed by atoms with E-state index in [0.717, 1.165) is 12.8 Å². The molecule has 1 fully saturated rings. The first-order chi connectivity index (χ1) is 11.5. The summed E-state index contributed by atoms with van der Waals surface area (Å²) >= 11 is 5.86. The molecule has 1 aliphatic heterocycles. The van der Waals surface area contributed by atoms with Gasteiger partial charge >= 0.3 is 0 Å². The van der Waals surface area contributed by atoms with E-state index in [-0.39, 0.29) is 28.0 Å². The highest BCUT2D eigenvalue weighted by Crippen LogP contribution is 2.30. The number of rotatable bonds is 2. The molecule has 1 saturated heterocycles. The second kappa shape index (κ2) is 5.99. The van der Waals surface area contributed by atoms with Gasteiger partial charge < -0.3 is 15.2 Å². The lowest BCUT2D eigenvalue weighted by Crippen LogP contribution is -2.62. The third kappa shape index (κ3) is 3.53. The van der Waals surface area contributed by atoms with Crippen LogP contribution in [0.4, 0.5) is 4.39 Å². The first-order valence-electron chi connectivity index (χ1n) is 8.53. The number of amides is 1. The maximum absolute atomic E-state index is 14.2. The lowest BCUT2D eigenvalue weighted by molar-refractivity contribution is 0.0865. The van der Waals surface area contributed by atoms with Gasteiger partial charge in [0.25, 0.3) is 5.91 Å². The van der Waals surface area contributed by atoms with Crippen molar-refractivity contribution in [2.24, 2.45) is 7.05 Å². The average Bonchev–Trinajstić information content (AvgIpc) is 2.77. The fraction of sp³-hybridized carbons (Fsp3) is 0.526. The second-order valence-corrected chi connectivity index (χ2v) is 8.76. The molecule has 2 N–H and O–H groups in total. The number of piperidine rings is 1. The van der Waals surface area contributed by atoms with Crippen molar-refractivity contribution in [2.75, 3.05) is 0 Å². The molecule has 0 radical (unpaired) electrons. The molecule has 4 nitrogen and oxygen atoms in total. The Bertz CT molecular complexity index is 825. The summed E-state index contributed by atoms with van der Waals surface area (Å²) in [6, 6.07) is 4.88. The molecule has 25 heavy (non-hydrogen) atoms. The molecule has 2 heterocycles. The standard InChI is InChI=1S/C19H25ClFN3O/c1-18(2)9-11(10-19(3,4)23-18)22-17(25)15-8-12-14(24(15)5)7-6-13(20)16(12)21/h6-8,11,23H,9-10H2,1-5H3,(H,22,25). The molecule has 1 aromatic carbocycles. The maximum Gasteiger partial charge on any atom is 0.268 e. The zero-order valence-electron chi connectivity index (χ0n) is 15.3. The zero-order chi connectivity index (χ0) is 18.6. The van der Waals surface area contributed by atoms with Gasteiger partial charge in [-0.3, -0.25) is 4.79 Å². The van der Waals surface area contributed by atoms with Crippen LogP contribution in [0.1, 0.15) is 51.0 Å². The minimum absolute atomic E-state index is 0.0573. The van der Waals surface area contributed by atoms with Crippen molar-refractivity contribution in [1.29, 1.82) is 0 Å². The van der Waals surface area contributed by atoms with Crippen molar-refractivity contribution in [1.82, 2.24) is 15.2 Å². The Kier molecular flexibility index (Phi) is 4.36. The van der Waals surface area contributed by atoms with Gasteiger partial charge in [0, 0.05) is 29.6 Å². The van der Waals surface area contributed by atoms with Gasteiger partial charge in [0.15, 0.2) is 5.82 Å². The normalized spacial score (nSPS) is 20.0. The predicted octanol–water partition coefficient (Wildman–Crippen LogP) is 4.01. The van der Waals surface area contributed by atoms with Crippen LogP contribution in [0.25, 0.3) is 10.9 Å². The van der Waals surface area contributed by atoms with Crippen molar-refractivity contribution in [3.63, 3.8) is 0 Å². The number of fused-ring (bicyclic) bond motifs is 1. The van der Waals surface area contributed by atoms with Gasteiger partial charge in [-0.15, -0.1) is 0 Å². The third-order valence-corrected chi connectivity index (χ3v) is 5.16. The number of nitrogens with one attached hydrogen (secondary N) is 2. The fourth-order valence-corrected chi connectivity index (χ4v) is 4.42. The van der Waals surface area contributed by atoms with Crippen molar-refractivity contribution in [3.05, 3.63) is 34.7 Å². The molecule has 0 aliphatic carbocycles.